The number of thiol groups is 1. The number of carbonyl (C=O) groups excluding carboxylic acids is 1. The number of amides is 1. The Morgan fingerprint density at radius 3 is 2.08 bits per heavy atom. The van der Waals surface area contributed by atoms with Crippen molar-refractivity contribution in [3.8, 4) is 0 Å². The molecule has 0 rings (SSSR count). The number of hydrogen-bond acceptors (Lipinski definition) is 4. The number of primary amides is 1. The molecule has 0 spiro atoms. The van der Waals surface area contributed by atoms with E-state index < -0.39 is 16.9 Å². The van der Waals surface area contributed by atoms with Gasteiger partial charge in [0, 0.05) is 0 Å². The Morgan fingerprint density at radius 1 is 1.62 bits per heavy atom. The molecule has 6 heteroatoms. The first kappa shape index (κ1) is 14.6. The predicted octanol–water partition coefficient (Wildman–Crippen LogP) is -0.157. The molecule has 0 aromatic rings. The summed E-state index contributed by atoms with van der Waals surface area (Å²) < 4.78 is 23.7. The number of nitrogens with two attached hydrogens (primary N) is 1. The van der Waals surface area contributed by atoms with E-state index >= 15 is 0 Å². The van der Waals surface area contributed by atoms with Gasteiger partial charge in [0.1, 0.15) is 0 Å². The Hall–Kier alpha value is -0.880. The summed E-state index contributed by atoms with van der Waals surface area (Å²) in [6.07, 6.45) is 1.06. The van der Waals surface area contributed by atoms with Crippen molar-refractivity contribution in [2.24, 2.45) is 11.7 Å². The zero-order chi connectivity index (χ0) is 10.9. The minimum atomic E-state index is -2.63. The molecule has 0 aliphatic carbocycles. The summed E-state index contributed by atoms with van der Waals surface area (Å²) in [6, 6.07) is 0. The van der Waals surface area contributed by atoms with Crippen LogP contribution in [-0.2, 0) is 20.0 Å². The lowest BCUT2D eigenvalue weighted by Crippen LogP contribution is -2.04. The third kappa shape index (κ3) is 24.7. The average Bonchev–Trinajstić information content (AvgIpc) is 2.02. The highest BCUT2D eigenvalue weighted by molar-refractivity contribution is 7.67. The fourth-order valence-electron chi connectivity index (χ4n) is 0.210. The molecule has 0 bridgehead atoms. The van der Waals surface area contributed by atoms with Gasteiger partial charge in [0.25, 0.3) is 11.0 Å². The fraction of sp³-hybridized carbons (Fsp3) is 0.571. The Balaban J connectivity index is 0. The zero-order valence-corrected chi connectivity index (χ0v) is 8.62. The maximum absolute atomic E-state index is 9.72. The van der Waals surface area contributed by atoms with E-state index in [2.05, 4.69) is 16.5 Å². The van der Waals surface area contributed by atoms with Crippen LogP contribution in [0.15, 0.2) is 12.7 Å². The summed E-state index contributed by atoms with van der Waals surface area (Å²) in [7, 11) is -2.63. The topological polar surface area (TPSA) is 86.5 Å². The molecule has 0 unspecified atom stereocenters. The molecular formula is C7H15NO4S. The minimum absolute atomic E-state index is 0.280. The molecule has 0 aliphatic rings. The van der Waals surface area contributed by atoms with Crippen molar-refractivity contribution in [3.05, 3.63) is 12.7 Å². The lowest BCUT2D eigenvalue weighted by Gasteiger charge is -1.97. The molecule has 0 aliphatic heterocycles. The normalized spacial score (nSPS) is 9.23. The smallest absolute Gasteiger partial charge is 0.257 e. The van der Waals surface area contributed by atoms with Gasteiger partial charge in [-0.3, -0.25) is 8.98 Å². The SMILES string of the molecule is C=CC(N)=O.CC(C)CO[SH](=O)=O. The molecular weight excluding hydrogens is 194 g/mol. The van der Waals surface area contributed by atoms with E-state index in [1.165, 1.54) is 0 Å². The van der Waals surface area contributed by atoms with Crippen molar-refractivity contribution in [2.45, 2.75) is 13.8 Å². The fourth-order valence-corrected chi connectivity index (χ4v) is 0.630. The van der Waals surface area contributed by atoms with Crippen LogP contribution in [0.1, 0.15) is 13.8 Å². The van der Waals surface area contributed by atoms with Crippen LogP contribution < -0.4 is 5.73 Å². The van der Waals surface area contributed by atoms with Gasteiger partial charge >= 0.3 is 0 Å². The van der Waals surface area contributed by atoms with Gasteiger partial charge in [-0.25, -0.2) is 8.42 Å². The van der Waals surface area contributed by atoms with Crippen LogP contribution in [0.25, 0.3) is 0 Å². The summed E-state index contributed by atoms with van der Waals surface area (Å²) in [5, 5.41) is 0. The lowest BCUT2D eigenvalue weighted by atomic mass is 10.2. The standard InChI is InChI=1S/C4H10O3S.C3H5NO/c1-4(2)3-7-8(5)6;1-2-3(4)5/h4,8H,3H2,1-2H3;2H,1H2,(H2,4,5). The van der Waals surface area contributed by atoms with Crippen LogP contribution in [0.5, 0.6) is 0 Å². The number of rotatable bonds is 4. The minimum Gasteiger partial charge on any atom is -0.366 e. The third-order valence-electron chi connectivity index (χ3n) is 0.714. The lowest BCUT2D eigenvalue weighted by molar-refractivity contribution is -0.113. The van der Waals surface area contributed by atoms with Gasteiger partial charge in [0.05, 0.1) is 6.61 Å². The van der Waals surface area contributed by atoms with E-state index in [1.54, 1.807) is 0 Å². The molecule has 5 nitrogen and oxygen atoms in total. The Kier molecular flexibility index (Phi) is 10.4. The molecule has 0 aromatic carbocycles. The van der Waals surface area contributed by atoms with Gasteiger partial charge in [0.15, 0.2) is 0 Å². The van der Waals surface area contributed by atoms with Gasteiger partial charge in [-0.05, 0) is 12.0 Å². The molecule has 0 aromatic heterocycles. The van der Waals surface area contributed by atoms with E-state index in [4.69, 9.17) is 0 Å². The van der Waals surface area contributed by atoms with Crippen molar-refractivity contribution in [1.29, 1.82) is 0 Å². The van der Waals surface area contributed by atoms with Crippen LogP contribution >= 0.6 is 0 Å². The van der Waals surface area contributed by atoms with Gasteiger partial charge in [0.2, 0.25) is 5.91 Å². The highest BCUT2D eigenvalue weighted by Crippen LogP contribution is 1.90. The first-order valence-corrected chi connectivity index (χ1v) is 4.68. The number of hydrogen-bond donors (Lipinski definition) is 2. The Morgan fingerprint density at radius 2 is 2.00 bits per heavy atom. The van der Waals surface area contributed by atoms with Gasteiger partial charge in [-0.2, -0.15) is 0 Å². The monoisotopic (exact) mass is 209 g/mol. The predicted molar refractivity (Wildman–Crippen MR) is 50.5 cm³/mol. The van der Waals surface area contributed by atoms with E-state index in [0.717, 1.165) is 6.08 Å². The van der Waals surface area contributed by atoms with E-state index in [0.29, 0.717) is 6.61 Å². The van der Waals surface area contributed by atoms with Crippen LogP contribution in [0.2, 0.25) is 0 Å². The van der Waals surface area contributed by atoms with Crippen LogP contribution in [-0.4, -0.2) is 20.9 Å². The molecule has 0 atom stereocenters. The first-order valence-electron chi connectivity index (χ1n) is 3.59. The molecule has 0 radical (unpaired) electrons. The van der Waals surface area contributed by atoms with Crippen molar-refractivity contribution >= 4 is 16.9 Å². The van der Waals surface area contributed by atoms with E-state index in [-0.39, 0.29) is 5.92 Å². The van der Waals surface area contributed by atoms with E-state index in [9.17, 15) is 13.2 Å². The van der Waals surface area contributed by atoms with Crippen molar-refractivity contribution in [2.75, 3.05) is 6.61 Å². The maximum atomic E-state index is 9.72. The third-order valence-corrected chi connectivity index (χ3v) is 1.07. The highest BCUT2D eigenvalue weighted by Gasteiger charge is 1.91. The van der Waals surface area contributed by atoms with Crippen molar-refractivity contribution < 1.29 is 17.4 Å². The summed E-state index contributed by atoms with van der Waals surface area (Å²) in [4.78, 5) is 9.47. The first-order chi connectivity index (χ1) is 5.90. The Bertz CT molecular complexity index is 215. The second-order valence-electron chi connectivity index (χ2n) is 2.52. The molecule has 1 amide bonds. The zero-order valence-electron chi connectivity index (χ0n) is 7.73. The van der Waals surface area contributed by atoms with Crippen LogP contribution in [0.3, 0.4) is 0 Å². The average molecular weight is 209 g/mol. The molecule has 0 fully saturated rings. The molecule has 0 saturated heterocycles. The summed E-state index contributed by atoms with van der Waals surface area (Å²) in [6.45, 7) is 7.15. The van der Waals surface area contributed by atoms with Crippen LogP contribution in [0.4, 0.5) is 0 Å². The molecule has 78 valence electrons. The van der Waals surface area contributed by atoms with Crippen molar-refractivity contribution in [3.63, 3.8) is 0 Å². The maximum Gasteiger partial charge on any atom is 0.257 e. The molecule has 13 heavy (non-hydrogen) atoms. The quantitative estimate of drug-likeness (QED) is 0.497. The van der Waals surface area contributed by atoms with Crippen molar-refractivity contribution in [1.82, 2.24) is 0 Å². The Labute approximate surface area is 79.7 Å². The van der Waals surface area contributed by atoms with E-state index in [1.807, 2.05) is 13.8 Å². The summed E-state index contributed by atoms with van der Waals surface area (Å²) in [5.74, 6) is -0.201. The molecule has 0 heterocycles. The largest absolute Gasteiger partial charge is 0.366 e. The van der Waals surface area contributed by atoms with Gasteiger partial charge < -0.3 is 5.73 Å². The van der Waals surface area contributed by atoms with Gasteiger partial charge in [-0.15, -0.1) is 0 Å². The highest BCUT2D eigenvalue weighted by atomic mass is 32.2. The molecule has 2 N–H and O–H groups in total. The van der Waals surface area contributed by atoms with Crippen LogP contribution in [0, 0.1) is 5.92 Å². The number of carbonyl (C=O) groups is 1. The second-order valence-corrected chi connectivity index (χ2v) is 3.23. The summed E-state index contributed by atoms with van der Waals surface area (Å²) >= 11 is 0. The van der Waals surface area contributed by atoms with Gasteiger partial charge in [-0.1, -0.05) is 20.4 Å². The second kappa shape index (κ2) is 9.21. The summed E-state index contributed by atoms with van der Waals surface area (Å²) in [5.41, 5.74) is 4.53. The molecule has 0 saturated carbocycles.